The molecule has 260 valence electrons. The second kappa shape index (κ2) is 13.7. The summed E-state index contributed by atoms with van der Waals surface area (Å²) in [5.74, 6) is -0.700. The number of aromatic nitrogens is 4. The van der Waals surface area contributed by atoms with Crippen molar-refractivity contribution >= 4 is 56.8 Å². The summed E-state index contributed by atoms with van der Waals surface area (Å²) in [7, 11) is 2.75. The number of aryl methyl sites for hydroxylation is 2. The lowest BCUT2D eigenvalue weighted by Crippen LogP contribution is -2.26. The molecule has 2 N–H and O–H groups in total. The van der Waals surface area contributed by atoms with Gasteiger partial charge in [-0.1, -0.05) is 65.7 Å². The highest BCUT2D eigenvalue weighted by Crippen LogP contribution is 2.35. The van der Waals surface area contributed by atoms with Crippen LogP contribution in [0.25, 0.3) is 22.1 Å². The molecule has 0 saturated carbocycles. The number of carbonyl (C=O) groups is 2. The summed E-state index contributed by atoms with van der Waals surface area (Å²) in [6.45, 7) is -0.514. The molecule has 6 rings (SSSR count). The number of fused-ring (bicyclic) bond motifs is 2. The number of rotatable bonds is 6. The third-order valence-electron chi connectivity index (χ3n) is 7.97. The number of nitrogens with zero attached hydrogens (tertiary/aromatic N) is 4. The smallest absolute Gasteiger partial charge is 0.313 e. The molecule has 2 aromatic heterocycles. The van der Waals surface area contributed by atoms with Crippen LogP contribution in [0.4, 0.5) is 26.3 Å². The van der Waals surface area contributed by atoms with Crippen LogP contribution < -0.4 is 11.2 Å². The highest BCUT2D eigenvalue weighted by molar-refractivity contribution is 6.36. The third-order valence-corrected chi connectivity index (χ3v) is 8.52. The molecule has 0 atom stereocenters. The number of alkyl halides is 6. The minimum Gasteiger partial charge on any atom is -0.313 e. The number of imidazole rings is 2. The predicted molar refractivity (Wildman–Crippen MR) is 175 cm³/mol. The Labute approximate surface area is 289 Å². The van der Waals surface area contributed by atoms with Gasteiger partial charge in [-0.05, 0) is 42.5 Å². The van der Waals surface area contributed by atoms with E-state index in [0.717, 1.165) is 21.3 Å². The fourth-order valence-electron chi connectivity index (χ4n) is 5.59. The number of benzene rings is 4. The molecular weight excluding hydrogens is 709 g/mol. The van der Waals surface area contributed by atoms with Crippen LogP contribution in [0.1, 0.15) is 31.8 Å². The van der Waals surface area contributed by atoms with Crippen molar-refractivity contribution in [1.29, 1.82) is 10.8 Å². The van der Waals surface area contributed by atoms with Crippen LogP contribution in [-0.4, -0.2) is 29.8 Å². The van der Waals surface area contributed by atoms with Gasteiger partial charge in [0.25, 0.3) is 0 Å². The Morgan fingerprint density at radius 3 is 1.54 bits per heavy atom. The fourth-order valence-corrected chi connectivity index (χ4v) is 6.10. The normalized spacial score (nSPS) is 11.9. The van der Waals surface area contributed by atoms with Crippen LogP contribution in [0.2, 0.25) is 10.0 Å². The first-order valence-electron chi connectivity index (χ1n) is 14.6. The number of halogens is 8. The van der Waals surface area contributed by atoms with Crippen LogP contribution in [0.3, 0.4) is 0 Å². The van der Waals surface area contributed by atoms with Crippen molar-refractivity contribution in [2.45, 2.75) is 25.4 Å². The maximum Gasteiger partial charge on any atom is 0.418 e. The molecule has 4 aromatic carbocycles. The van der Waals surface area contributed by atoms with E-state index in [1.165, 1.54) is 65.7 Å². The molecule has 0 aliphatic rings. The first-order valence-corrected chi connectivity index (χ1v) is 15.3. The monoisotopic (exact) mass is 734 g/mol. The van der Waals surface area contributed by atoms with E-state index in [9.17, 15) is 35.9 Å². The maximum absolute atomic E-state index is 13.3. The minimum atomic E-state index is -4.57. The number of hydrogen-bond donors (Lipinski definition) is 2. The van der Waals surface area contributed by atoms with Crippen LogP contribution >= 0.6 is 23.2 Å². The van der Waals surface area contributed by atoms with Crippen LogP contribution in [0.15, 0.2) is 84.9 Å². The minimum absolute atomic E-state index is 0.101. The predicted octanol–water partition coefficient (Wildman–Crippen LogP) is 8.03. The number of carbonyl (C=O) groups excluding carboxylic acids is 2. The van der Waals surface area contributed by atoms with Gasteiger partial charge >= 0.3 is 12.4 Å². The standard InChI is InChI=1S/C17H12Cl2F3N3O.C17H14F3N3O/c1-24-15-11(17(20,21)22)3-2-4-13(15)25(16(24)23)8-14(26)10-6-5-9(18)7-12(10)19;1-22-15-12(17(18,19)20)8-5-9-13(15)23(16(22)21)10-14(24)11-6-3-2-4-7-11/h2-7,23H,8H2,1H3;2-9,21H,10H2,1H3. The van der Waals surface area contributed by atoms with Crippen molar-refractivity contribution < 1.29 is 35.9 Å². The van der Waals surface area contributed by atoms with Gasteiger partial charge < -0.3 is 18.3 Å². The van der Waals surface area contributed by atoms with E-state index >= 15 is 0 Å². The largest absolute Gasteiger partial charge is 0.418 e. The van der Waals surface area contributed by atoms with Crippen molar-refractivity contribution in [2.75, 3.05) is 0 Å². The lowest BCUT2D eigenvalue weighted by Gasteiger charge is -2.09. The molecular formula is C34H26Cl2F6N6O2. The first-order chi connectivity index (χ1) is 23.4. The molecule has 2 heterocycles. The highest BCUT2D eigenvalue weighted by atomic mass is 35.5. The number of para-hydroxylation sites is 2. The van der Waals surface area contributed by atoms with E-state index in [-0.39, 0.29) is 62.8 Å². The van der Waals surface area contributed by atoms with Crippen molar-refractivity contribution in [3.05, 3.63) is 128 Å². The topological polar surface area (TPSA) is 102 Å². The Hall–Kier alpha value is -5.08. The van der Waals surface area contributed by atoms with E-state index in [4.69, 9.17) is 34.0 Å². The third kappa shape index (κ3) is 6.98. The summed E-state index contributed by atoms with van der Waals surface area (Å²) in [4.78, 5) is 24.9. The average Bonchev–Trinajstić information content (AvgIpc) is 3.44. The number of hydrogen-bond acceptors (Lipinski definition) is 4. The van der Waals surface area contributed by atoms with Gasteiger partial charge in [-0.2, -0.15) is 26.3 Å². The Balaban J connectivity index is 0.000000195. The van der Waals surface area contributed by atoms with E-state index in [1.54, 1.807) is 30.3 Å². The molecule has 0 amide bonds. The lowest BCUT2D eigenvalue weighted by molar-refractivity contribution is -0.137. The van der Waals surface area contributed by atoms with Gasteiger partial charge in [-0.3, -0.25) is 20.4 Å². The lowest BCUT2D eigenvalue weighted by atomic mass is 10.1. The van der Waals surface area contributed by atoms with Crippen molar-refractivity contribution in [1.82, 2.24) is 18.3 Å². The molecule has 0 aliphatic heterocycles. The van der Waals surface area contributed by atoms with E-state index in [0.29, 0.717) is 10.6 Å². The van der Waals surface area contributed by atoms with Crippen molar-refractivity contribution in [2.24, 2.45) is 14.1 Å². The zero-order valence-electron chi connectivity index (χ0n) is 26.1. The van der Waals surface area contributed by atoms with E-state index < -0.39 is 29.3 Å². The number of nitrogens with one attached hydrogen (secondary N) is 2. The van der Waals surface area contributed by atoms with E-state index in [2.05, 4.69) is 0 Å². The summed E-state index contributed by atoms with van der Waals surface area (Å²) in [5, 5.41) is 16.7. The molecule has 0 saturated heterocycles. The molecule has 8 nitrogen and oxygen atoms in total. The summed E-state index contributed by atoms with van der Waals surface area (Å²) in [5.41, 5.74) is -1.33. The van der Waals surface area contributed by atoms with Crippen molar-refractivity contribution in [3.8, 4) is 0 Å². The molecule has 0 unspecified atom stereocenters. The summed E-state index contributed by atoms with van der Waals surface area (Å²) in [6, 6.07) is 20.2. The molecule has 0 fully saturated rings. The Morgan fingerprint density at radius 1 is 0.640 bits per heavy atom. The van der Waals surface area contributed by atoms with Gasteiger partial charge in [-0.25, -0.2) is 0 Å². The molecule has 50 heavy (non-hydrogen) atoms. The average molecular weight is 736 g/mol. The van der Waals surface area contributed by atoms with Gasteiger partial charge in [0.1, 0.15) is 0 Å². The molecule has 0 spiro atoms. The van der Waals surface area contributed by atoms with Crippen molar-refractivity contribution in [3.63, 3.8) is 0 Å². The van der Waals surface area contributed by atoms with Crippen LogP contribution in [-0.2, 0) is 39.5 Å². The molecule has 0 aliphatic carbocycles. The molecule has 6 aromatic rings. The fraction of sp³-hybridized carbons (Fsp3) is 0.176. The number of Topliss-reactive ketones (excluding diaryl/α,β-unsaturated/α-hetero) is 2. The van der Waals surface area contributed by atoms with Gasteiger partial charge in [0.05, 0.1) is 51.3 Å². The zero-order chi connectivity index (χ0) is 36.7. The second-order valence-electron chi connectivity index (χ2n) is 11.1. The Bertz CT molecular complexity index is 2390. The summed E-state index contributed by atoms with van der Waals surface area (Å²) >= 11 is 11.8. The van der Waals surface area contributed by atoms with Gasteiger partial charge in [0, 0.05) is 30.2 Å². The van der Waals surface area contributed by atoms with Crippen LogP contribution in [0.5, 0.6) is 0 Å². The maximum atomic E-state index is 13.3. The number of ketones is 2. The Kier molecular flexibility index (Phi) is 9.90. The van der Waals surface area contributed by atoms with Crippen LogP contribution in [0, 0.1) is 10.8 Å². The quantitative estimate of drug-likeness (QED) is 0.134. The molecule has 0 bridgehead atoms. The summed E-state index contributed by atoms with van der Waals surface area (Å²) < 4.78 is 84.2. The van der Waals surface area contributed by atoms with Gasteiger partial charge in [0.15, 0.2) is 11.6 Å². The first kappa shape index (κ1) is 36.2. The van der Waals surface area contributed by atoms with E-state index in [1.807, 2.05) is 0 Å². The van der Waals surface area contributed by atoms with Gasteiger partial charge in [0.2, 0.25) is 11.2 Å². The second-order valence-corrected chi connectivity index (χ2v) is 12.0. The molecule has 16 heteroatoms. The Morgan fingerprint density at radius 2 is 1.10 bits per heavy atom. The molecule has 0 radical (unpaired) electrons. The zero-order valence-corrected chi connectivity index (χ0v) is 27.6. The summed E-state index contributed by atoms with van der Waals surface area (Å²) in [6.07, 6.45) is -9.10. The highest BCUT2D eigenvalue weighted by Gasteiger charge is 2.35. The SMILES string of the molecule is Cn1c(=N)n(CC(=O)c2ccc(Cl)cc2Cl)c2cccc(C(F)(F)F)c21.Cn1c(=N)n(CC(=O)c2ccccc2)c2cccc(C(F)(F)F)c21. The van der Waals surface area contributed by atoms with Gasteiger partial charge in [-0.15, -0.1) is 0 Å².